The van der Waals surface area contributed by atoms with Crippen LogP contribution in [0.15, 0.2) is 152 Å². The van der Waals surface area contributed by atoms with E-state index in [-0.39, 0.29) is 5.41 Å². The second kappa shape index (κ2) is 9.92. The third-order valence-corrected chi connectivity index (χ3v) is 10.8. The van der Waals surface area contributed by atoms with Gasteiger partial charge >= 0.3 is 0 Å². The average Bonchev–Trinajstić information content (AvgIpc) is 3.56. The number of rotatable bonds is 4. The lowest BCUT2D eigenvalue weighted by Gasteiger charge is -2.27. The van der Waals surface area contributed by atoms with Gasteiger partial charge < -0.3 is 4.90 Å². The summed E-state index contributed by atoms with van der Waals surface area (Å²) in [5.41, 5.74) is 11.3. The van der Waals surface area contributed by atoms with Gasteiger partial charge in [0.05, 0.1) is 0 Å². The van der Waals surface area contributed by atoms with Crippen LogP contribution in [0.3, 0.4) is 0 Å². The molecule has 45 heavy (non-hydrogen) atoms. The van der Waals surface area contributed by atoms with E-state index in [1.165, 1.54) is 64.3 Å². The monoisotopic (exact) mass is 593 g/mol. The summed E-state index contributed by atoms with van der Waals surface area (Å²) in [6, 6.07) is 55.8. The summed E-state index contributed by atoms with van der Waals surface area (Å²) in [4.78, 5) is 2.38. The predicted octanol–water partition coefficient (Wildman–Crippen LogP) is 12.7. The van der Waals surface area contributed by atoms with Crippen molar-refractivity contribution in [3.05, 3.63) is 163 Å². The van der Waals surface area contributed by atoms with Gasteiger partial charge in [-0.25, -0.2) is 0 Å². The molecule has 1 aromatic heterocycles. The average molecular weight is 594 g/mol. The van der Waals surface area contributed by atoms with Gasteiger partial charge in [-0.05, 0) is 105 Å². The number of nitrogens with zero attached hydrogens (tertiary/aromatic N) is 1. The number of fused-ring (bicyclic) bond motifs is 7. The Morgan fingerprint density at radius 1 is 0.444 bits per heavy atom. The minimum atomic E-state index is -0.0629. The van der Waals surface area contributed by atoms with Crippen molar-refractivity contribution in [3.8, 4) is 22.3 Å². The molecular weight excluding hydrogens is 563 g/mol. The molecule has 1 heterocycles. The van der Waals surface area contributed by atoms with E-state index < -0.39 is 0 Å². The van der Waals surface area contributed by atoms with Gasteiger partial charge in [0.1, 0.15) is 0 Å². The molecule has 0 fully saturated rings. The summed E-state index contributed by atoms with van der Waals surface area (Å²) >= 11 is 1.90. The fraction of sp³-hybridized carbons (Fsp3) is 0.0698. The molecule has 0 spiro atoms. The van der Waals surface area contributed by atoms with Crippen molar-refractivity contribution in [1.82, 2.24) is 0 Å². The van der Waals surface area contributed by atoms with Crippen LogP contribution in [0.5, 0.6) is 0 Å². The minimum absolute atomic E-state index is 0.0629. The van der Waals surface area contributed by atoms with Crippen molar-refractivity contribution in [1.29, 1.82) is 0 Å². The zero-order valence-electron chi connectivity index (χ0n) is 25.3. The second-order valence-electron chi connectivity index (χ2n) is 12.6. The Hall–Kier alpha value is -5.18. The SMILES string of the molecule is CC1(C)c2ccc(N(c3ccccc3)c3ccc(-c4ccc5ccccc5c4)cc3)cc2-c2cc3c(cc21)sc1ccccc13. The lowest BCUT2D eigenvalue weighted by atomic mass is 9.82. The van der Waals surface area contributed by atoms with E-state index in [0.717, 1.165) is 17.1 Å². The molecule has 0 radical (unpaired) electrons. The second-order valence-corrected chi connectivity index (χ2v) is 13.7. The smallest absolute Gasteiger partial charge is 0.0468 e. The van der Waals surface area contributed by atoms with E-state index in [1.807, 2.05) is 11.3 Å². The van der Waals surface area contributed by atoms with Gasteiger partial charge in [-0.3, -0.25) is 0 Å². The van der Waals surface area contributed by atoms with Crippen LogP contribution >= 0.6 is 11.3 Å². The highest BCUT2D eigenvalue weighted by molar-refractivity contribution is 7.25. The first-order valence-corrected chi connectivity index (χ1v) is 16.4. The first-order chi connectivity index (χ1) is 22.0. The Bertz CT molecular complexity index is 2400. The van der Waals surface area contributed by atoms with Gasteiger partial charge in [0.15, 0.2) is 0 Å². The lowest BCUT2D eigenvalue weighted by Crippen LogP contribution is -2.15. The molecule has 1 aliphatic carbocycles. The topological polar surface area (TPSA) is 3.24 Å². The molecule has 9 rings (SSSR count). The van der Waals surface area contributed by atoms with E-state index in [4.69, 9.17) is 0 Å². The highest BCUT2D eigenvalue weighted by Crippen LogP contribution is 2.53. The minimum Gasteiger partial charge on any atom is -0.310 e. The van der Waals surface area contributed by atoms with Crippen LogP contribution in [-0.2, 0) is 5.41 Å². The molecule has 1 nitrogen and oxygen atoms in total. The van der Waals surface area contributed by atoms with Crippen molar-refractivity contribution in [3.63, 3.8) is 0 Å². The van der Waals surface area contributed by atoms with Crippen LogP contribution in [0, 0.1) is 0 Å². The van der Waals surface area contributed by atoms with Crippen LogP contribution in [0.25, 0.3) is 53.2 Å². The van der Waals surface area contributed by atoms with Gasteiger partial charge in [0, 0.05) is 42.6 Å². The molecule has 0 saturated heterocycles. The van der Waals surface area contributed by atoms with Gasteiger partial charge in [-0.15, -0.1) is 11.3 Å². The Morgan fingerprint density at radius 3 is 1.96 bits per heavy atom. The van der Waals surface area contributed by atoms with E-state index >= 15 is 0 Å². The number of benzene rings is 7. The van der Waals surface area contributed by atoms with Crippen LogP contribution in [0.4, 0.5) is 17.1 Å². The van der Waals surface area contributed by atoms with Gasteiger partial charge in [0.25, 0.3) is 0 Å². The molecule has 0 aliphatic heterocycles. The van der Waals surface area contributed by atoms with Gasteiger partial charge in [-0.1, -0.05) is 105 Å². The zero-order valence-corrected chi connectivity index (χ0v) is 26.1. The molecule has 0 amide bonds. The zero-order chi connectivity index (χ0) is 30.1. The molecule has 1 aliphatic rings. The normalized spacial score (nSPS) is 13.3. The third kappa shape index (κ3) is 4.13. The Labute approximate surface area is 267 Å². The molecule has 0 atom stereocenters. The van der Waals surface area contributed by atoms with Crippen molar-refractivity contribution in [2.24, 2.45) is 0 Å². The number of hydrogen-bond acceptors (Lipinski definition) is 2. The van der Waals surface area contributed by atoms with Crippen molar-refractivity contribution in [2.45, 2.75) is 19.3 Å². The number of thiophene rings is 1. The van der Waals surface area contributed by atoms with Crippen LogP contribution < -0.4 is 4.90 Å². The maximum Gasteiger partial charge on any atom is 0.0468 e. The lowest BCUT2D eigenvalue weighted by molar-refractivity contribution is 0.661. The molecular formula is C43H31NS. The van der Waals surface area contributed by atoms with Crippen LogP contribution in [0.2, 0.25) is 0 Å². The standard InChI is InChI=1S/C43H31NS/c1-43(2)39-23-22-34(25-36(39)37-26-38-35-14-8-9-15-41(35)45-42(38)27-40(37)43)44(32-12-4-3-5-13-32)33-20-18-29(19-21-33)31-17-16-28-10-6-7-11-30(28)24-31/h3-27H,1-2H3. The summed E-state index contributed by atoms with van der Waals surface area (Å²) < 4.78 is 2.72. The van der Waals surface area contributed by atoms with E-state index in [1.54, 1.807) is 0 Å². The molecule has 0 saturated carbocycles. The molecule has 214 valence electrons. The fourth-order valence-corrected chi connectivity index (χ4v) is 8.42. The number of anilines is 3. The summed E-state index contributed by atoms with van der Waals surface area (Å²) in [7, 11) is 0. The van der Waals surface area contributed by atoms with E-state index in [0.29, 0.717) is 0 Å². The first-order valence-electron chi connectivity index (χ1n) is 15.6. The number of hydrogen-bond donors (Lipinski definition) is 0. The quantitative estimate of drug-likeness (QED) is 0.196. The predicted molar refractivity (Wildman–Crippen MR) is 195 cm³/mol. The molecule has 8 aromatic rings. The summed E-state index contributed by atoms with van der Waals surface area (Å²) in [6.07, 6.45) is 0. The fourth-order valence-electron chi connectivity index (χ4n) is 7.29. The highest BCUT2D eigenvalue weighted by atomic mass is 32.1. The van der Waals surface area contributed by atoms with Crippen molar-refractivity contribution in [2.75, 3.05) is 4.90 Å². The maximum absolute atomic E-state index is 2.45. The summed E-state index contributed by atoms with van der Waals surface area (Å²) in [5.74, 6) is 0. The first kappa shape index (κ1) is 26.2. The van der Waals surface area contributed by atoms with Crippen LogP contribution in [-0.4, -0.2) is 0 Å². The molecule has 0 bridgehead atoms. The van der Waals surface area contributed by atoms with E-state index in [9.17, 15) is 0 Å². The summed E-state index contributed by atoms with van der Waals surface area (Å²) in [5, 5.41) is 5.23. The highest BCUT2D eigenvalue weighted by Gasteiger charge is 2.36. The Balaban J connectivity index is 1.17. The molecule has 2 heteroatoms. The van der Waals surface area contributed by atoms with Gasteiger partial charge in [-0.2, -0.15) is 0 Å². The largest absolute Gasteiger partial charge is 0.310 e. The number of para-hydroxylation sites is 1. The third-order valence-electron chi connectivity index (χ3n) is 9.64. The molecule has 0 unspecified atom stereocenters. The van der Waals surface area contributed by atoms with Crippen LogP contribution in [0.1, 0.15) is 25.0 Å². The Kier molecular flexibility index (Phi) is 5.78. The van der Waals surface area contributed by atoms with Gasteiger partial charge in [0.2, 0.25) is 0 Å². The maximum atomic E-state index is 2.45. The summed E-state index contributed by atoms with van der Waals surface area (Å²) in [6.45, 7) is 4.74. The van der Waals surface area contributed by atoms with E-state index in [2.05, 4.69) is 170 Å². The molecule has 0 N–H and O–H groups in total. The Morgan fingerprint density at radius 2 is 1.11 bits per heavy atom. The molecule has 7 aromatic carbocycles. The van der Waals surface area contributed by atoms with Crippen molar-refractivity contribution < 1.29 is 0 Å². The van der Waals surface area contributed by atoms with Crippen molar-refractivity contribution >= 4 is 59.3 Å².